The van der Waals surface area contributed by atoms with Crippen LogP contribution in [0.2, 0.25) is 0 Å². The minimum Gasteiger partial charge on any atom is -0.399 e. The highest BCUT2D eigenvalue weighted by Gasteiger charge is 2.23. The molecule has 2 aromatic rings. The number of aryl methyl sites for hydroxylation is 1. The van der Waals surface area contributed by atoms with Crippen LogP contribution >= 0.6 is 0 Å². The second kappa shape index (κ2) is 6.93. The number of aliphatic hydroxyl groups excluding tert-OH is 1. The average molecular weight is 323 g/mol. The molecule has 3 N–H and O–H groups in total. The van der Waals surface area contributed by atoms with Crippen molar-refractivity contribution in [3.63, 3.8) is 0 Å². The van der Waals surface area contributed by atoms with Crippen LogP contribution in [0.3, 0.4) is 0 Å². The molecule has 0 saturated heterocycles. The summed E-state index contributed by atoms with van der Waals surface area (Å²) in [4.78, 5) is 4.44. The summed E-state index contributed by atoms with van der Waals surface area (Å²) in [6.45, 7) is 1.76. The van der Waals surface area contributed by atoms with Gasteiger partial charge >= 0.3 is 0 Å². The summed E-state index contributed by atoms with van der Waals surface area (Å²) < 4.78 is 26.7. The van der Waals surface area contributed by atoms with Crippen molar-refractivity contribution in [3.8, 4) is 0 Å². The van der Waals surface area contributed by atoms with Crippen LogP contribution in [0.5, 0.6) is 0 Å². The van der Waals surface area contributed by atoms with Gasteiger partial charge in [-0.15, -0.1) is 0 Å². The first-order chi connectivity index (χ1) is 10.5. The molecule has 1 atom stereocenters. The quantitative estimate of drug-likeness (QED) is 0.751. The minimum atomic E-state index is -3.51. The van der Waals surface area contributed by atoms with Gasteiger partial charge in [0.2, 0.25) is 0 Å². The Balaban J connectivity index is 2.25. The lowest BCUT2D eigenvalue weighted by atomic mass is 10.3. The van der Waals surface area contributed by atoms with Crippen LogP contribution in [0, 0.1) is 0 Å². The van der Waals surface area contributed by atoms with Crippen LogP contribution in [-0.4, -0.2) is 35.4 Å². The number of benzene rings is 1. The lowest BCUT2D eigenvalue weighted by Gasteiger charge is -2.18. The number of aromatic nitrogens is 2. The molecule has 22 heavy (non-hydrogen) atoms. The summed E-state index contributed by atoms with van der Waals surface area (Å²) in [6.07, 6.45) is 4.99. The van der Waals surface area contributed by atoms with Crippen molar-refractivity contribution in [1.82, 2.24) is 9.55 Å². The lowest BCUT2D eigenvalue weighted by molar-refractivity contribution is 0.237. The molecule has 0 aliphatic carbocycles. The molecule has 1 unspecified atom stereocenters. The Bertz CT molecular complexity index is 708. The van der Waals surface area contributed by atoms with Crippen molar-refractivity contribution < 1.29 is 13.5 Å². The van der Waals surface area contributed by atoms with Gasteiger partial charge in [-0.3, -0.25) is 0 Å². The molecular formula is C15H21N3O3S. The Hall–Kier alpha value is -1.86. The number of aliphatic hydroxyl groups is 1. The smallest absolute Gasteiger partial charge is 0.180 e. The first kappa shape index (κ1) is 16.5. The Kier molecular flexibility index (Phi) is 5.20. The number of nitrogen functional groups attached to an aromatic ring is 1. The molecule has 120 valence electrons. The highest BCUT2D eigenvalue weighted by Crippen LogP contribution is 2.20. The van der Waals surface area contributed by atoms with Crippen molar-refractivity contribution >= 4 is 15.5 Å². The van der Waals surface area contributed by atoms with E-state index in [0.717, 1.165) is 18.7 Å². The van der Waals surface area contributed by atoms with E-state index < -0.39 is 15.9 Å². The third-order valence-corrected chi connectivity index (χ3v) is 5.29. The Morgan fingerprint density at radius 3 is 2.59 bits per heavy atom. The van der Waals surface area contributed by atoms with Gasteiger partial charge in [-0.05, 0) is 30.7 Å². The molecule has 0 aliphatic rings. The predicted octanol–water partition coefficient (Wildman–Crippen LogP) is 1.43. The maximum atomic E-state index is 12.5. The molecule has 6 nitrogen and oxygen atoms in total. The van der Waals surface area contributed by atoms with Gasteiger partial charge in [-0.1, -0.05) is 6.92 Å². The lowest BCUT2D eigenvalue weighted by Crippen LogP contribution is -2.24. The molecule has 0 saturated carbocycles. The number of hydrogen-bond acceptors (Lipinski definition) is 5. The van der Waals surface area contributed by atoms with Gasteiger partial charge < -0.3 is 15.4 Å². The van der Waals surface area contributed by atoms with E-state index >= 15 is 0 Å². The zero-order valence-electron chi connectivity index (χ0n) is 12.5. The van der Waals surface area contributed by atoms with Crippen molar-refractivity contribution in [2.75, 3.05) is 18.1 Å². The molecule has 0 fully saturated rings. The third-order valence-electron chi connectivity index (χ3n) is 3.48. The minimum absolute atomic E-state index is 0.180. The number of imidazole rings is 1. The van der Waals surface area contributed by atoms with Crippen molar-refractivity contribution in [3.05, 3.63) is 42.5 Å². The Labute approximate surface area is 130 Å². The Morgan fingerprint density at radius 2 is 2.00 bits per heavy atom. The van der Waals surface area contributed by atoms with E-state index in [1.165, 1.54) is 12.1 Å². The Morgan fingerprint density at radius 1 is 1.32 bits per heavy atom. The monoisotopic (exact) mass is 323 g/mol. The van der Waals surface area contributed by atoms with E-state index in [1.54, 1.807) is 29.1 Å². The number of sulfone groups is 1. The summed E-state index contributed by atoms with van der Waals surface area (Å²) in [6, 6.07) is 5.53. The maximum absolute atomic E-state index is 12.5. The maximum Gasteiger partial charge on any atom is 0.180 e. The molecule has 0 amide bonds. The van der Waals surface area contributed by atoms with Crippen LogP contribution < -0.4 is 5.73 Å². The number of rotatable bonds is 7. The normalized spacial score (nSPS) is 13.2. The standard InChI is InChI=1S/C15H21N3O3S/c1-2-3-15-17-8-9-18(15)13(10-19)11-22(20,21)14-6-4-12(16)5-7-14/h4-9,13,19H,2-3,10-11,16H2,1H3. The third kappa shape index (κ3) is 3.66. The number of anilines is 1. The molecule has 1 heterocycles. The van der Waals surface area contributed by atoms with Gasteiger partial charge in [-0.25, -0.2) is 13.4 Å². The van der Waals surface area contributed by atoms with Gasteiger partial charge in [0.05, 0.1) is 23.3 Å². The molecule has 0 spiro atoms. The number of nitrogens with zero attached hydrogens (tertiary/aromatic N) is 2. The van der Waals surface area contributed by atoms with Gasteiger partial charge in [0, 0.05) is 24.5 Å². The van der Waals surface area contributed by atoms with E-state index in [-0.39, 0.29) is 17.3 Å². The van der Waals surface area contributed by atoms with Gasteiger partial charge in [0.15, 0.2) is 9.84 Å². The highest BCUT2D eigenvalue weighted by molar-refractivity contribution is 7.91. The SMILES string of the molecule is CCCc1nccn1C(CO)CS(=O)(=O)c1ccc(N)cc1. The van der Waals surface area contributed by atoms with Gasteiger partial charge in [0.25, 0.3) is 0 Å². The zero-order valence-corrected chi connectivity index (χ0v) is 13.3. The van der Waals surface area contributed by atoms with Crippen LogP contribution in [0.1, 0.15) is 25.2 Å². The van der Waals surface area contributed by atoms with E-state index in [0.29, 0.717) is 5.69 Å². The van der Waals surface area contributed by atoms with Crippen LogP contribution in [0.15, 0.2) is 41.6 Å². The molecule has 1 aromatic heterocycles. The fourth-order valence-corrected chi connectivity index (χ4v) is 3.86. The molecular weight excluding hydrogens is 302 g/mol. The number of nitrogens with two attached hydrogens (primary N) is 1. The molecule has 0 radical (unpaired) electrons. The highest BCUT2D eigenvalue weighted by atomic mass is 32.2. The summed E-state index contributed by atoms with van der Waals surface area (Å²) in [5.41, 5.74) is 6.09. The zero-order chi connectivity index (χ0) is 16.2. The van der Waals surface area contributed by atoms with E-state index in [4.69, 9.17) is 5.73 Å². The molecule has 7 heteroatoms. The second-order valence-corrected chi connectivity index (χ2v) is 7.22. The second-order valence-electron chi connectivity index (χ2n) is 5.19. The first-order valence-corrected chi connectivity index (χ1v) is 8.84. The average Bonchev–Trinajstić information content (AvgIpc) is 2.94. The van der Waals surface area contributed by atoms with Gasteiger partial charge in [-0.2, -0.15) is 0 Å². The van der Waals surface area contributed by atoms with Crippen LogP contribution in [0.4, 0.5) is 5.69 Å². The van der Waals surface area contributed by atoms with E-state index in [1.807, 2.05) is 6.92 Å². The van der Waals surface area contributed by atoms with E-state index in [2.05, 4.69) is 4.98 Å². The van der Waals surface area contributed by atoms with Crippen LogP contribution in [0.25, 0.3) is 0 Å². The fraction of sp³-hybridized carbons (Fsp3) is 0.400. The van der Waals surface area contributed by atoms with Gasteiger partial charge in [0.1, 0.15) is 5.82 Å². The molecule has 0 bridgehead atoms. The predicted molar refractivity (Wildman–Crippen MR) is 85.3 cm³/mol. The summed E-state index contributed by atoms with van der Waals surface area (Å²) in [7, 11) is -3.51. The van der Waals surface area contributed by atoms with E-state index in [9.17, 15) is 13.5 Å². The molecule has 2 rings (SSSR count). The van der Waals surface area contributed by atoms with Crippen molar-refractivity contribution in [1.29, 1.82) is 0 Å². The first-order valence-electron chi connectivity index (χ1n) is 7.18. The summed E-state index contributed by atoms with van der Waals surface area (Å²) >= 11 is 0. The molecule has 0 aliphatic heterocycles. The summed E-state index contributed by atoms with van der Waals surface area (Å²) in [5, 5.41) is 9.61. The summed E-state index contributed by atoms with van der Waals surface area (Å²) in [5.74, 6) is 0.606. The topological polar surface area (TPSA) is 98.2 Å². The van der Waals surface area contributed by atoms with Crippen LogP contribution in [-0.2, 0) is 16.3 Å². The van der Waals surface area contributed by atoms with Crippen molar-refractivity contribution in [2.24, 2.45) is 0 Å². The fourth-order valence-electron chi connectivity index (χ4n) is 2.34. The van der Waals surface area contributed by atoms with Crippen molar-refractivity contribution in [2.45, 2.75) is 30.7 Å². The largest absolute Gasteiger partial charge is 0.399 e. The number of hydrogen-bond donors (Lipinski definition) is 2. The molecule has 1 aromatic carbocycles.